The van der Waals surface area contributed by atoms with Gasteiger partial charge in [-0.3, -0.25) is 0 Å². The molecule has 1 saturated heterocycles. The van der Waals surface area contributed by atoms with Crippen molar-refractivity contribution in [2.75, 3.05) is 38.3 Å². The summed E-state index contributed by atoms with van der Waals surface area (Å²) >= 11 is 0. The molecule has 2 heterocycles. The molecule has 0 aromatic carbocycles. The Morgan fingerprint density at radius 2 is 2.14 bits per heavy atom. The monoisotopic (exact) mass is 192 g/mol. The number of anilines is 1. The summed E-state index contributed by atoms with van der Waals surface area (Å²) in [5.41, 5.74) is 0.919. The van der Waals surface area contributed by atoms with Gasteiger partial charge in [0.15, 0.2) is 0 Å². The third-order valence-electron chi connectivity index (χ3n) is 2.33. The highest BCUT2D eigenvalue weighted by Gasteiger charge is 2.10. The molecule has 0 unspecified atom stereocenters. The fraction of sp³-hybridized carbons (Fsp3) is 0.500. The number of pyridine rings is 1. The van der Waals surface area contributed by atoms with Crippen LogP contribution in [0.25, 0.3) is 5.32 Å². The lowest BCUT2D eigenvalue weighted by Crippen LogP contribution is -2.36. The van der Waals surface area contributed by atoms with Crippen molar-refractivity contribution in [1.29, 1.82) is 0 Å². The topological polar surface area (TPSA) is 39.5 Å². The summed E-state index contributed by atoms with van der Waals surface area (Å²) < 4.78 is 5.28. The Morgan fingerprint density at radius 1 is 1.36 bits per heavy atom. The second-order valence-corrected chi connectivity index (χ2v) is 3.20. The first-order valence-corrected chi connectivity index (χ1v) is 4.79. The first kappa shape index (κ1) is 9.27. The Bertz CT molecular complexity index is 280. The van der Waals surface area contributed by atoms with E-state index in [1.165, 1.54) is 0 Å². The molecule has 0 bridgehead atoms. The standard InChI is InChI=1S/C10H14N3O/c1-11-9-2-3-10(12-8-9)13-4-6-14-7-5-13/h2-3,8H,4-7H2,1H3/q-1. The van der Waals surface area contributed by atoms with Crippen LogP contribution in [0.1, 0.15) is 0 Å². The second-order valence-electron chi connectivity index (χ2n) is 3.20. The predicted octanol–water partition coefficient (Wildman–Crippen LogP) is 1.55. The highest BCUT2D eigenvalue weighted by molar-refractivity contribution is 5.51. The van der Waals surface area contributed by atoms with E-state index in [2.05, 4.69) is 15.2 Å². The van der Waals surface area contributed by atoms with E-state index in [9.17, 15) is 0 Å². The largest absolute Gasteiger partial charge is 0.686 e. The molecule has 0 spiro atoms. The molecule has 0 saturated carbocycles. The van der Waals surface area contributed by atoms with Gasteiger partial charge in [-0.05, 0) is 6.07 Å². The molecule has 0 amide bonds. The van der Waals surface area contributed by atoms with E-state index < -0.39 is 0 Å². The molecule has 0 radical (unpaired) electrons. The maximum Gasteiger partial charge on any atom is 0.128 e. The molecule has 0 atom stereocenters. The third kappa shape index (κ3) is 1.96. The van der Waals surface area contributed by atoms with E-state index >= 15 is 0 Å². The summed E-state index contributed by atoms with van der Waals surface area (Å²) in [5.74, 6) is 1.01. The van der Waals surface area contributed by atoms with Crippen molar-refractivity contribution in [3.63, 3.8) is 0 Å². The van der Waals surface area contributed by atoms with E-state index in [-0.39, 0.29) is 0 Å². The van der Waals surface area contributed by atoms with Crippen molar-refractivity contribution in [2.24, 2.45) is 0 Å². The number of ether oxygens (including phenoxy) is 1. The smallest absolute Gasteiger partial charge is 0.128 e. The molecule has 14 heavy (non-hydrogen) atoms. The summed E-state index contributed by atoms with van der Waals surface area (Å²) in [6.07, 6.45) is 1.80. The van der Waals surface area contributed by atoms with E-state index in [1.807, 2.05) is 12.1 Å². The van der Waals surface area contributed by atoms with Crippen LogP contribution in [0.3, 0.4) is 0 Å². The lowest BCUT2D eigenvalue weighted by molar-refractivity contribution is 0.122. The van der Waals surface area contributed by atoms with Crippen LogP contribution in [0.5, 0.6) is 0 Å². The Morgan fingerprint density at radius 3 is 2.71 bits per heavy atom. The Labute approximate surface area is 83.9 Å². The minimum atomic E-state index is 0.793. The van der Waals surface area contributed by atoms with E-state index in [0.29, 0.717) is 0 Å². The van der Waals surface area contributed by atoms with Gasteiger partial charge in [-0.15, -0.1) is 12.7 Å². The highest BCUT2D eigenvalue weighted by Crippen LogP contribution is 2.18. The van der Waals surface area contributed by atoms with Crippen molar-refractivity contribution in [3.05, 3.63) is 23.6 Å². The predicted molar refractivity (Wildman–Crippen MR) is 56.2 cm³/mol. The molecule has 0 aliphatic carbocycles. The Balaban J connectivity index is 2.07. The van der Waals surface area contributed by atoms with E-state index in [4.69, 9.17) is 4.74 Å². The molecule has 4 nitrogen and oxygen atoms in total. The average Bonchev–Trinajstić information content (AvgIpc) is 2.30. The molecule has 1 aliphatic rings. The molecule has 76 valence electrons. The van der Waals surface area contributed by atoms with Crippen LogP contribution in [0.4, 0.5) is 11.5 Å². The zero-order valence-corrected chi connectivity index (χ0v) is 8.31. The van der Waals surface area contributed by atoms with Crippen LogP contribution in [0.2, 0.25) is 0 Å². The minimum absolute atomic E-state index is 0.793. The van der Waals surface area contributed by atoms with Crippen LogP contribution in [0.15, 0.2) is 18.3 Å². The van der Waals surface area contributed by atoms with Crippen LogP contribution < -0.4 is 4.90 Å². The molecule has 0 N–H and O–H groups in total. The molecular weight excluding hydrogens is 178 g/mol. The van der Waals surface area contributed by atoms with Gasteiger partial charge < -0.3 is 15.0 Å². The number of hydrogen-bond donors (Lipinski definition) is 0. The quantitative estimate of drug-likeness (QED) is 0.713. The van der Waals surface area contributed by atoms with Gasteiger partial charge in [-0.1, -0.05) is 6.07 Å². The number of aromatic nitrogens is 1. The van der Waals surface area contributed by atoms with Gasteiger partial charge >= 0.3 is 0 Å². The minimum Gasteiger partial charge on any atom is -0.686 e. The first-order valence-electron chi connectivity index (χ1n) is 4.79. The number of hydrogen-bond acceptors (Lipinski definition) is 3. The Hall–Kier alpha value is -1.29. The van der Waals surface area contributed by atoms with Crippen LogP contribution >= 0.6 is 0 Å². The summed E-state index contributed by atoms with van der Waals surface area (Å²) in [6.45, 7) is 3.44. The molecular formula is C10H14N3O-. The average molecular weight is 192 g/mol. The molecule has 1 aromatic rings. The van der Waals surface area contributed by atoms with Crippen molar-refractivity contribution in [3.8, 4) is 0 Å². The number of rotatable bonds is 2. The number of morpholine rings is 1. The summed E-state index contributed by atoms with van der Waals surface area (Å²) in [6, 6.07) is 3.99. The fourth-order valence-corrected chi connectivity index (χ4v) is 1.49. The summed E-state index contributed by atoms with van der Waals surface area (Å²) in [7, 11) is 1.77. The second kappa shape index (κ2) is 4.28. The zero-order valence-electron chi connectivity index (χ0n) is 8.31. The third-order valence-corrected chi connectivity index (χ3v) is 2.33. The first-order chi connectivity index (χ1) is 6.90. The normalized spacial score (nSPS) is 16.8. The van der Waals surface area contributed by atoms with Gasteiger partial charge in [0.05, 0.1) is 13.2 Å². The number of nitrogens with zero attached hydrogens (tertiary/aromatic N) is 3. The maximum atomic E-state index is 5.28. The van der Waals surface area contributed by atoms with Crippen molar-refractivity contribution in [2.45, 2.75) is 0 Å². The van der Waals surface area contributed by atoms with Gasteiger partial charge in [0, 0.05) is 19.3 Å². The van der Waals surface area contributed by atoms with Gasteiger partial charge in [0.2, 0.25) is 0 Å². The zero-order chi connectivity index (χ0) is 9.80. The van der Waals surface area contributed by atoms with Gasteiger partial charge in [-0.25, -0.2) is 4.98 Å². The highest BCUT2D eigenvalue weighted by atomic mass is 16.5. The van der Waals surface area contributed by atoms with Crippen LogP contribution in [-0.2, 0) is 4.74 Å². The molecule has 2 rings (SSSR count). The van der Waals surface area contributed by atoms with Crippen molar-refractivity contribution in [1.82, 2.24) is 4.98 Å². The van der Waals surface area contributed by atoms with Crippen molar-refractivity contribution < 1.29 is 4.74 Å². The lowest BCUT2D eigenvalue weighted by atomic mass is 10.3. The van der Waals surface area contributed by atoms with Gasteiger partial charge in [0.1, 0.15) is 5.82 Å². The molecule has 4 heteroatoms. The van der Waals surface area contributed by atoms with E-state index in [1.54, 1.807) is 13.2 Å². The van der Waals surface area contributed by atoms with E-state index in [0.717, 1.165) is 37.8 Å². The fourth-order valence-electron chi connectivity index (χ4n) is 1.49. The summed E-state index contributed by atoms with van der Waals surface area (Å²) in [4.78, 5) is 6.57. The maximum absolute atomic E-state index is 5.28. The van der Waals surface area contributed by atoms with Gasteiger partial charge in [0.25, 0.3) is 0 Å². The van der Waals surface area contributed by atoms with Gasteiger partial charge in [-0.2, -0.15) is 0 Å². The molecule has 1 fully saturated rings. The van der Waals surface area contributed by atoms with Crippen molar-refractivity contribution >= 4 is 11.5 Å². The molecule has 1 aliphatic heterocycles. The molecule has 1 aromatic heterocycles. The SMILES string of the molecule is C[N-]c1ccc(N2CCOCC2)nc1. The lowest BCUT2D eigenvalue weighted by Gasteiger charge is -2.28. The summed E-state index contributed by atoms with van der Waals surface area (Å²) in [5, 5.41) is 4.05. The Kier molecular flexibility index (Phi) is 2.84. The van der Waals surface area contributed by atoms with Crippen LogP contribution in [-0.4, -0.2) is 38.3 Å². The van der Waals surface area contributed by atoms with Crippen LogP contribution in [0, 0.1) is 0 Å².